The average molecular weight is 510 g/mol. The first-order chi connectivity index (χ1) is 18.3. The second-order valence-electron chi connectivity index (χ2n) is 10.3. The molecule has 9 nitrogen and oxygen atoms in total. The van der Waals surface area contributed by atoms with E-state index in [1.54, 1.807) is 18.7 Å². The van der Waals surface area contributed by atoms with Gasteiger partial charge in [0.1, 0.15) is 6.04 Å². The summed E-state index contributed by atoms with van der Waals surface area (Å²) < 4.78 is 0. The fourth-order valence-corrected chi connectivity index (χ4v) is 4.81. The monoisotopic (exact) mass is 509 g/mol. The number of allylic oxidation sites excluding steroid dienone is 4. The van der Waals surface area contributed by atoms with Crippen molar-refractivity contribution in [3.8, 4) is 22.5 Å². The minimum atomic E-state index is -0.652. The summed E-state index contributed by atoms with van der Waals surface area (Å²) in [5, 5.41) is 17.4. The van der Waals surface area contributed by atoms with E-state index in [0.29, 0.717) is 18.8 Å². The zero-order chi connectivity index (χ0) is 26.7. The number of H-pyrrole nitrogens is 1. The molecule has 3 aromatic rings. The van der Waals surface area contributed by atoms with Gasteiger partial charge in [0.05, 0.1) is 6.54 Å². The molecule has 0 spiro atoms. The Morgan fingerprint density at radius 3 is 2.63 bits per heavy atom. The Bertz CT molecular complexity index is 1410. The molecule has 0 saturated carbocycles. The van der Waals surface area contributed by atoms with Crippen molar-refractivity contribution >= 4 is 11.8 Å². The van der Waals surface area contributed by atoms with E-state index < -0.39 is 11.6 Å². The normalized spacial score (nSPS) is 17.4. The molecule has 9 heteroatoms. The molecule has 194 valence electrons. The number of benzene rings is 2. The van der Waals surface area contributed by atoms with Crippen molar-refractivity contribution in [3.63, 3.8) is 0 Å². The van der Waals surface area contributed by atoms with Crippen molar-refractivity contribution in [2.75, 3.05) is 0 Å². The number of aromatic amines is 1. The summed E-state index contributed by atoms with van der Waals surface area (Å²) in [5.41, 5.74) is 11.2. The van der Waals surface area contributed by atoms with Crippen LogP contribution >= 0.6 is 0 Å². The first kappa shape index (κ1) is 25.3. The number of aromatic nitrogens is 4. The maximum absolute atomic E-state index is 13.7. The lowest BCUT2D eigenvalue weighted by molar-refractivity contribution is -0.135. The minimum Gasteiger partial charge on any atom is -0.344 e. The lowest BCUT2D eigenvalue weighted by atomic mass is 9.98. The zero-order valence-electron chi connectivity index (χ0n) is 21.5. The molecule has 0 saturated heterocycles. The Morgan fingerprint density at radius 1 is 1.16 bits per heavy atom. The fourth-order valence-electron chi connectivity index (χ4n) is 4.81. The first-order valence-electron chi connectivity index (χ1n) is 12.7. The third kappa shape index (κ3) is 5.63. The van der Waals surface area contributed by atoms with Crippen molar-refractivity contribution in [3.05, 3.63) is 89.7 Å². The zero-order valence-corrected chi connectivity index (χ0v) is 21.5. The number of amides is 2. The molecule has 1 aliphatic carbocycles. The number of hydrogen-bond acceptors (Lipinski definition) is 6. The lowest BCUT2D eigenvalue weighted by Gasteiger charge is -2.29. The predicted molar refractivity (Wildman–Crippen MR) is 145 cm³/mol. The summed E-state index contributed by atoms with van der Waals surface area (Å²) in [7, 11) is 0. The minimum absolute atomic E-state index is 0.132. The summed E-state index contributed by atoms with van der Waals surface area (Å²) in [6, 6.07) is 15.4. The van der Waals surface area contributed by atoms with E-state index in [2.05, 4.69) is 38.1 Å². The Balaban J connectivity index is 1.39. The molecule has 0 fully saturated rings. The standard InChI is InChI=1S/C29H31N7O2/c1-29(2,30)17-26(37)31-24-16-15-21-7-3-6-10-25(21)36(28(24)38)18-19-11-13-20(14-12-19)22-8-4-5-9-23(22)27-32-34-35-33-27/h3-6,8-15,24H,7,16-18,30H2,1-2H3,(H,31,37)(H,32,33,34,35)/t24-/m0/s1. The van der Waals surface area contributed by atoms with Crippen molar-refractivity contribution in [2.24, 2.45) is 5.73 Å². The predicted octanol–water partition coefficient (Wildman–Crippen LogP) is 3.65. The molecule has 4 N–H and O–H groups in total. The van der Waals surface area contributed by atoms with E-state index in [9.17, 15) is 9.59 Å². The summed E-state index contributed by atoms with van der Waals surface area (Å²) in [5.74, 6) is 0.172. The average Bonchev–Trinajstić information content (AvgIpc) is 3.40. The number of rotatable bonds is 7. The number of tetrazole rings is 1. The molecular formula is C29H31N7O2. The van der Waals surface area contributed by atoms with Gasteiger partial charge < -0.3 is 16.0 Å². The number of hydrogen-bond donors (Lipinski definition) is 3. The molecule has 38 heavy (non-hydrogen) atoms. The van der Waals surface area contributed by atoms with Gasteiger partial charge in [-0.25, -0.2) is 0 Å². The summed E-state index contributed by atoms with van der Waals surface area (Å²) >= 11 is 0. The quantitative estimate of drug-likeness (QED) is 0.446. The molecule has 0 bridgehead atoms. The highest BCUT2D eigenvalue weighted by atomic mass is 16.2. The van der Waals surface area contributed by atoms with Gasteiger partial charge in [-0.05, 0) is 60.2 Å². The maximum atomic E-state index is 13.7. The van der Waals surface area contributed by atoms with Crippen LogP contribution in [0, 0.1) is 0 Å². The van der Waals surface area contributed by atoms with Crippen LogP contribution in [0.3, 0.4) is 0 Å². The highest BCUT2D eigenvalue weighted by Gasteiger charge is 2.32. The van der Waals surface area contributed by atoms with Gasteiger partial charge in [-0.1, -0.05) is 66.8 Å². The second kappa shape index (κ2) is 10.5. The van der Waals surface area contributed by atoms with E-state index in [-0.39, 0.29) is 18.2 Å². The van der Waals surface area contributed by atoms with E-state index in [1.165, 1.54) is 0 Å². The van der Waals surface area contributed by atoms with Crippen molar-refractivity contribution in [1.82, 2.24) is 30.8 Å². The molecule has 2 aromatic carbocycles. The van der Waals surface area contributed by atoms with Crippen LogP contribution < -0.4 is 11.1 Å². The molecule has 1 aromatic heterocycles. The van der Waals surface area contributed by atoms with E-state index in [0.717, 1.165) is 39.9 Å². The Labute approximate surface area is 221 Å². The maximum Gasteiger partial charge on any atom is 0.250 e. The fraction of sp³-hybridized carbons (Fsp3) is 0.276. The van der Waals surface area contributed by atoms with Gasteiger partial charge >= 0.3 is 0 Å². The number of carbonyl (C=O) groups is 2. The van der Waals surface area contributed by atoms with Crippen LogP contribution in [0.15, 0.2) is 84.1 Å². The molecular weight excluding hydrogens is 478 g/mol. The van der Waals surface area contributed by atoms with Gasteiger partial charge in [0, 0.05) is 23.2 Å². The topological polar surface area (TPSA) is 130 Å². The number of nitrogens with zero attached hydrogens (tertiary/aromatic N) is 4. The Hall–Kier alpha value is -4.37. The highest BCUT2D eigenvalue weighted by Crippen LogP contribution is 2.32. The van der Waals surface area contributed by atoms with Gasteiger partial charge in [-0.3, -0.25) is 9.59 Å². The summed E-state index contributed by atoms with van der Waals surface area (Å²) in [4.78, 5) is 28.1. The van der Waals surface area contributed by atoms with Crippen molar-refractivity contribution in [2.45, 2.75) is 51.2 Å². The number of nitrogens with one attached hydrogen (secondary N) is 2. The van der Waals surface area contributed by atoms with E-state index in [4.69, 9.17) is 5.73 Å². The summed E-state index contributed by atoms with van der Waals surface area (Å²) in [6.45, 7) is 3.98. The lowest BCUT2D eigenvalue weighted by Crippen LogP contribution is -2.49. The van der Waals surface area contributed by atoms with Crippen LogP contribution in [0.2, 0.25) is 0 Å². The van der Waals surface area contributed by atoms with Crippen LogP contribution in [-0.2, 0) is 16.1 Å². The van der Waals surface area contributed by atoms with Crippen LogP contribution in [0.1, 0.15) is 38.7 Å². The van der Waals surface area contributed by atoms with Gasteiger partial charge in [-0.15, -0.1) is 10.2 Å². The van der Waals surface area contributed by atoms with E-state index >= 15 is 0 Å². The van der Waals surface area contributed by atoms with E-state index in [1.807, 2.05) is 60.7 Å². The molecule has 1 atom stereocenters. The molecule has 5 rings (SSSR count). The Kier molecular flexibility index (Phi) is 7.02. The number of carbonyl (C=O) groups excluding carboxylic acids is 2. The Morgan fingerprint density at radius 2 is 1.92 bits per heavy atom. The van der Waals surface area contributed by atoms with Gasteiger partial charge in [-0.2, -0.15) is 5.21 Å². The first-order valence-corrected chi connectivity index (χ1v) is 12.7. The van der Waals surface area contributed by atoms with Gasteiger partial charge in [0.2, 0.25) is 17.6 Å². The van der Waals surface area contributed by atoms with Crippen LogP contribution in [0.4, 0.5) is 0 Å². The molecule has 1 aliphatic heterocycles. The van der Waals surface area contributed by atoms with Crippen molar-refractivity contribution in [1.29, 1.82) is 0 Å². The molecule has 0 unspecified atom stereocenters. The number of fused-ring (bicyclic) bond motifs is 1. The SMILES string of the molecule is CC(C)(N)CC(=O)N[C@H]1CC=C2CC=CC=C2N(Cc2ccc(-c3ccccc3-c3nn[nH]n3)cc2)C1=O. The smallest absolute Gasteiger partial charge is 0.250 e. The summed E-state index contributed by atoms with van der Waals surface area (Å²) in [6.07, 6.45) is 9.41. The third-order valence-electron chi connectivity index (χ3n) is 6.58. The van der Waals surface area contributed by atoms with Crippen molar-refractivity contribution < 1.29 is 9.59 Å². The van der Waals surface area contributed by atoms with Gasteiger partial charge in [0.25, 0.3) is 0 Å². The number of nitrogens with two attached hydrogens (primary N) is 1. The largest absolute Gasteiger partial charge is 0.344 e. The van der Waals surface area contributed by atoms with Gasteiger partial charge in [0.15, 0.2) is 0 Å². The molecule has 2 amide bonds. The highest BCUT2D eigenvalue weighted by molar-refractivity contribution is 5.90. The third-order valence-corrected chi connectivity index (χ3v) is 6.58. The second-order valence-corrected chi connectivity index (χ2v) is 10.3. The van der Waals surface area contributed by atoms with Crippen LogP contribution in [0.25, 0.3) is 22.5 Å². The molecule has 0 radical (unpaired) electrons. The van der Waals surface area contributed by atoms with Crippen LogP contribution in [0.5, 0.6) is 0 Å². The van der Waals surface area contributed by atoms with Crippen LogP contribution in [-0.4, -0.2) is 48.9 Å². The molecule has 2 aliphatic rings. The molecule has 2 heterocycles.